The van der Waals surface area contributed by atoms with Gasteiger partial charge in [0.05, 0.1) is 23.0 Å². The maximum absolute atomic E-state index is 13.9. The molecular formula is C15H15ClFNO. The lowest BCUT2D eigenvalue weighted by Gasteiger charge is -2.25. The average Bonchev–Trinajstić information content (AvgIpc) is 2.43. The maximum atomic E-state index is 13.9. The molecule has 0 aromatic heterocycles. The van der Waals surface area contributed by atoms with E-state index in [0.29, 0.717) is 17.3 Å². The van der Waals surface area contributed by atoms with E-state index < -0.39 is 0 Å². The van der Waals surface area contributed by atoms with E-state index >= 15 is 0 Å². The molecular weight excluding hydrogens is 265 g/mol. The summed E-state index contributed by atoms with van der Waals surface area (Å²) in [5.74, 6) is -0.286. The Kier molecular flexibility index (Phi) is 4.40. The molecule has 0 heterocycles. The molecule has 19 heavy (non-hydrogen) atoms. The number of hydrogen-bond acceptors (Lipinski definition) is 2. The Morgan fingerprint density at radius 2 is 1.89 bits per heavy atom. The first-order valence-corrected chi connectivity index (χ1v) is 6.46. The zero-order valence-electron chi connectivity index (χ0n) is 10.6. The standard InChI is InChI=1S/C15H15ClFNO/c1-2-18(15-6-4-3-5-13(15)17)14-8-7-11(10-19)9-12(14)16/h3-9,19H,2,10H2,1H3. The Hall–Kier alpha value is -1.58. The molecule has 4 heteroatoms. The summed E-state index contributed by atoms with van der Waals surface area (Å²) in [6.45, 7) is 2.47. The molecule has 2 aromatic carbocycles. The van der Waals surface area contributed by atoms with Crippen LogP contribution >= 0.6 is 11.6 Å². The summed E-state index contributed by atoms with van der Waals surface area (Å²) in [4.78, 5) is 1.80. The van der Waals surface area contributed by atoms with E-state index in [2.05, 4.69) is 0 Å². The van der Waals surface area contributed by atoms with Gasteiger partial charge in [0.15, 0.2) is 0 Å². The first-order valence-electron chi connectivity index (χ1n) is 6.08. The minimum absolute atomic E-state index is 0.0637. The summed E-state index contributed by atoms with van der Waals surface area (Å²) in [5.41, 5.74) is 1.95. The number of nitrogens with zero attached hydrogens (tertiary/aromatic N) is 1. The fraction of sp³-hybridized carbons (Fsp3) is 0.200. The van der Waals surface area contributed by atoms with Gasteiger partial charge in [-0.2, -0.15) is 0 Å². The van der Waals surface area contributed by atoms with Crippen LogP contribution in [-0.4, -0.2) is 11.7 Å². The third-order valence-electron chi connectivity index (χ3n) is 2.94. The number of rotatable bonds is 4. The smallest absolute Gasteiger partial charge is 0.146 e. The van der Waals surface area contributed by atoms with Crippen LogP contribution in [0.1, 0.15) is 12.5 Å². The topological polar surface area (TPSA) is 23.5 Å². The van der Waals surface area contributed by atoms with E-state index in [0.717, 1.165) is 11.3 Å². The summed E-state index contributed by atoms with van der Waals surface area (Å²) in [7, 11) is 0. The third kappa shape index (κ3) is 2.88. The highest BCUT2D eigenvalue weighted by Crippen LogP contribution is 2.33. The van der Waals surface area contributed by atoms with Crippen LogP contribution in [0.15, 0.2) is 42.5 Å². The zero-order valence-corrected chi connectivity index (χ0v) is 11.4. The van der Waals surface area contributed by atoms with Gasteiger partial charge >= 0.3 is 0 Å². The molecule has 0 bridgehead atoms. The second-order valence-electron chi connectivity index (χ2n) is 4.14. The van der Waals surface area contributed by atoms with Crippen molar-refractivity contribution in [2.24, 2.45) is 0 Å². The number of aliphatic hydroxyl groups is 1. The molecule has 0 spiro atoms. The molecule has 0 unspecified atom stereocenters. The van der Waals surface area contributed by atoms with Crippen LogP contribution in [-0.2, 0) is 6.61 Å². The highest BCUT2D eigenvalue weighted by molar-refractivity contribution is 6.33. The van der Waals surface area contributed by atoms with Crippen molar-refractivity contribution in [1.29, 1.82) is 0 Å². The van der Waals surface area contributed by atoms with Crippen LogP contribution in [0, 0.1) is 5.82 Å². The molecule has 100 valence electrons. The molecule has 2 nitrogen and oxygen atoms in total. The maximum Gasteiger partial charge on any atom is 0.146 e. The van der Waals surface area contributed by atoms with E-state index in [-0.39, 0.29) is 12.4 Å². The van der Waals surface area contributed by atoms with Crippen molar-refractivity contribution in [3.63, 3.8) is 0 Å². The van der Waals surface area contributed by atoms with Gasteiger partial charge in [-0.25, -0.2) is 4.39 Å². The van der Waals surface area contributed by atoms with Crippen molar-refractivity contribution in [2.45, 2.75) is 13.5 Å². The van der Waals surface area contributed by atoms with Crippen molar-refractivity contribution >= 4 is 23.0 Å². The van der Waals surface area contributed by atoms with Gasteiger partial charge < -0.3 is 10.0 Å². The Morgan fingerprint density at radius 3 is 2.47 bits per heavy atom. The Bertz CT molecular complexity index is 574. The van der Waals surface area contributed by atoms with Crippen molar-refractivity contribution in [1.82, 2.24) is 0 Å². The van der Waals surface area contributed by atoms with E-state index in [1.54, 1.807) is 41.3 Å². The van der Waals surface area contributed by atoms with Gasteiger partial charge in [-0.15, -0.1) is 0 Å². The Labute approximate surface area is 117 Å². The van der Waals surface area contributed by atoms with Gasteiger partial charge in [-0.1, -0.05) is 29.8 Å². The first kappa shape index (κ1) is 13.8. The lowest BCUT2D eigenvalue weighted by molar-refractivity contribution is 0.282. The first-order chi connectivity index (χ1) is 9.17. The summed E-state index contributed by atoms with van der Waals surface area (Å²) in [6, 6.07) is 11.9. The predicted molar refractivity (Wildman–Crippen MR) is 76.5 cm³/mol. The number of anilines is 2. The minimum atomic E-state index is -0.286. The Balaban J connectivity index is 2.46. The summed E-state index contributed by atoms with van der Waals surface area (Å²) in [6.07, 6.45) is 0. The van der Waals surface area contributed by atoms with Crippen LogP contribution < -0.4 is 4.90 Å². The number of para-hydroxylation sites is 1. The van der Waals surface area contributed by atoms with Crippen LogP contribution in [0.25, 0.3) is 0 Å². The average molecular weight is 280 g/mol. The molecule has 2 rings (SSSR count). The summed E-state index contributed by atoms with van der Waals surface area (Å²) >= 11 is 6.21. The highest BCUT2D eigenvalue weighted by atomic mass is 35.5. The molecule has 0 saturated carbocycles. The van der Waals surface area contributed by atoms with E-state index in [1.165, 1.54) is 6.07 Å². The summed E-state index contributed by atoms with van der Waals surface area (Å²) in [5, 5.41) is 9.57. The lowest BCUT2D eigenvalue weighted by atomic mass is 10.2. The van der Waals surface area contributed by atoms with E-state index in [1.807, 2.05) is 6.92 Å². The van der Waals surface area contributed by atoms with Crippen molar-refractivity contribution in [2.75, 3.05) is 11.4 Å². The fourth-order valence-corrected chi connectivity index (χ4v) is 2.31. The quantitative estimate of drug-likeness (QED) is 0.910. The lowest BCUT2D eigenvalue weighted by Crippen LogP contribution is -2.17. The fourth-order valence-electron chi connectivity index (χ4n) is 2.01. The number of halogens is 2. The largest absolute Gasteiger partial charge is 0.392 e. The van der Waals surface area contributed by atoms with Gasteiger partial charge in [0.25, 0.3) is 0 Å². The van der Waals surface area contributed by atoms with Gasteiger partial charge in [-0.3, -0.25) is 0 Å². The normalized spacial score (nSPS) is 10.5. The van der Waals surface area contributed by atoms with E-state index in [9.17, 15) is 4.39 Å². The number of aliphatic hydroxyl groups excluding tert-OH is 1. The third-order valence-corrected chi connectivity index (χ3v) is 3.25. The molecule has 0 aliphatic heterocycles. The second-order valence-corrected chi connectivity index (χ2v) is 4.55. The van der Waals surface area contributed by atoms with Crippen LogP contribution in [0.4, 0.5) is 15.8 Å². The summed E-state index contributed by atoms with van der Waals surface area (Å²) < 4.78 is 13.9. The second kappa shape index (κ2) is 6.04. The molecule has 1 N–H and O–H groups in total. The number of hydrogen-bond donors (Lipinski definition) is 1. The highest BCUT2D eigenvalue weighted by Gasteiger charge is 2.14. The SMILES string of the molecule is CCN(c1ccccc1F)c1ccc(CO)cc1Cl. The van der Waals surface area contributed by atoms with Crippen LogP contribution in [0.5, 0.6) is 0 Å². The zero-order chi connectivity index (χ0) is 13.8. The van der Waals surface area contributed by atoms with Gasteiger partial charge in [-0.05, 0) is 36.8 Å². The van der Waals surface area contributed by atoms with Crippen LogP contribution in [0.3, 0.4) is 0 Å². The van der Waals surface area contributed by atoms with Crippen LogP contribution in [0.2, 0.25) is 5.02 Å². The van der Waals surface area contributed by atoms with Crippen molar-refractivity contribution < 1.29 is 9.50 Å². The monoisotopic (exact) mass is 279 g/mol. The molecule has 0 amide bonds. The molecule has 0 atom stereocenters. The van der Waals surface area contributed by atoms with Gasteiger partial charge in [0, 0.05) is 6.54 Å². The Morgan fingerprint density at radius 1 is 1.16 bits per heavy atom. The molecule has 2 aromatic rings. The minimum Gasteiger partial charge on any atom is -0.392 e. The molecule has 0 aliphatic carbocycles. The van der Waals surface area contributed by atoms with Gasteiger partial charge in [0.1, 0.15) is 5.82 Å². The molecule has 0 fully saturated rings. The number of benzene rings is 2. The van der Waals surface area contributed by atoms with Crippen molar-refractivity contribution in [3.8, 4) is 0 Å². The molecule has 0 aliphatic rings. The van der Waals surface area contributed by atoms with E-state index in [4.69, 9.17) is 16.7 Å². The van der Waals surface area contributed by atoms with Crippen molar-refractivity contribution in [3.05, 3.63) is 58.9 Å². The van der Waals surface area contributed by atoms with Gasteiger partial charge in [0.2, 0.25) is 0 Å². The molecule has 0 saturated heterocycles. The predicted octanol–water partition coefficient (Wildman–Crippen LogP) is 4.13. The molecule has 0 radical (unpaired) electrons.